The van der Waals surface area contributed by atoms with Crippen LogP contribution in [0.1, 0.15) is 32.1 Å². The molecule has 138 valence electrons. The summed E-state index contributed by atoms with van der Waals surface area (Å²) in [7, 11) is 0. The van der Waals surface area contributed by atoms with E-state index in [9.17, 15) is 22.9 Å². The summed E-state index contributed by atoms with van der Waals surface area (Å²) >= 11 is 0. The number of carbonyl (C=O) groups excluding carboxylic acids is 1. The van der Waals surface area contributed by atoms with Gasteiger partial charge in [0.25, 0.3) is 0 Å². The van der Waals surface area contributed by atoms with Gasteiger partial charge in [-0.15, -0.1) is 4.91 Å². The molecule has 1 aliphatic heterocycles. The lowest BCUT2D eigenvalue weighted by Gasteiger charge is -2.24. The highest BCUT2D eigenvalue weighted by molar-refractivity contribution is 5.81. The Morgan fingerprint density at radius 3 is 2.68 bits per heavy atom. The van der Waals surface area contributed by atoms with Crippen LogP contribution in [0, 0.1) is 10.8 Å². The minimum Gasteiger partial charge on any atom is -0.355 e. The third-order valence-electron chi connectivity index (χ3n) is 4.64. The molecule has 0 unspecified atom stereocenters. The molecule has 10 heteroatoms. The Morgan fingerprint density at radius 1 is 1.28 bits per heavy atom. The van der Waals surface area contributed by atoms with Gasteiger partial charge in [-0.1, -0.05) is 0 Å². The fourth-order valence-corrected chi connectivity index (χ4v) is 3.16. The Morgan fingerprint density at radius 2 is 2.04 bits per heavy atom. The van der Waals surface area contributed by atoms with Crippen LogP contribution in [0.15, 0.2) is 11.4 Å². The van der Waals surface area contributed by atoms with E-state index in [1.54, 1.807) is 4.68 Å². The van der Waals surface area contributed by atoms with Gasteiger partial charge in [0.2, 0.25) is 0 Å². The molecule has 2 heterocycles. The lowest BCUT2D eigenvalue weighted by atomic mass is 10.1. The number of nitrogens with zero attached hydrogens (tertiary/aromatic N) is 4. The average Bonchev–Trinajstić information content (AvgIpc) is 3.31. The Labute approximate surface area is 142 Å². The molecule has 25 heavy (non-hydrogen) atoms. The van der Waals surface area contributed by atoms with Gasteiger partial charge < -0.3 is 10.2 Å². The van der Waals surface area contributed by atoms with E-state index in [1.165, 1.54) is 6.20 Å². The number of alkyl halides is 3. The zero-order valence-electron chi connectivity index (χ0n) is 13.6. The van der Waals surface area contributed by atoms with E-state index in [-0.39, 0.29) is 5.69 Å². The lowest BCUT2D eigenvalue weighted by Crippen LogP contribution is -2.43. The zero-order chi connectivity index (χ0) is 18.0. The third-order valence-corrected chi connectivity index (χ3v) is 4.64. The van der Waals surface area contributed by atoms with Crippen molar-refractivity contribution in [1.29, 1.82) is 0 Å². The third kappa shape index (κ3) is 4.29. The van der Waals surface area contributed by atoms with Crippen LogP contribution in [-0.4, -0.2) is 41.0 Å². The fourth-order valence-electron chi connectivity index (χ4n) is 3.16. The van der Waals surface area contributed by atoms with Gasteiger partial charge in [0.1, 0.15) is 0 Å². The number of halogens is 3. The van der Waals surface area contributed by atoms with E-state index >= 15 is 0 Å². The molecule has 1 aromatic rings. The first kappa shape index (κ1) is 17.7. The maximum Gasteiger partial charge on any atom is 0.471 e. The number of aromatic nitrogens is 2. The Balaban J connectivity index is 1.67. The summed E-state index contributed by atoms with van der Waals surface area (Å²) in [4.78, 5) is 24.1. The summed E-state index contributed by atoms with van der Waals surface area (Å²) in [6.45, 7) is 1.73. The second-order valence-corrected chi connectivity index (χ2v) is 6.66. The van der Waals surface area contributed by atoms with Crippen molar-refractivity contribution in [2.75, 3.05) is 18.0 Å². The monoisotopic (exact) mass is 359 g/mol. The first-order chi connectivity index (χ1) is 11.9. The van der Waals surface area contributed by atoms with Crippen molar-refractivity contribution in [1.82, 2.24) is 15.1 Å². The second-order valence-electron chi connectivity index (χ2n) is 6.66. The van der Waals surface area contributed by atoms with Crippen molar-refractivity contribution in [3.63, 3.8) is 0 Å². The van der Waals surface area contributed by atoms with Crippen LogP contribution in [0.5, 0.6) is 0 Å². The predicted molar refractivity (Wildman–Crippen MR) is 84.5 cm³/mol. The van der Waals surface area contributed by atoms with Crippen LogP contribution in [-0.2, 0) is 11.3 Å². The number of amides is 1. The van der Waals surface area contributed by atoms with Crippen LogP contribution < -0.4 is 10.2 Å². The molecule has 0 bridgehead atoms. The van der Waals surface area contributed by atoms with E-state index < -0.39 is 18.1 Å². The fraction of sp³-hybridized carbons (Fsp3) is 0.733. The summed E-state index contributed by atoms with van der Waals surface area (Å²) in [6.07, 6.45) is 0.259. The minimum absolute atomic E-state index is 0.249. The Kier molecular flexibility index (Phi) is 4.96. The summed E-state index contributed by atoms with van der Waals surface area (Å²) < 4.78 is 39.0. The van der Waals surface area contributed by atoms with E-state index in [4.69, 9.17) is 0 Å². The first-order valence-electron chi connectivity index (χ1n) is 8.40. The van der Waals surface area contributed by atoms with E-state index in [1.807, 2.05) is 4.90 Å². The summed E-state index contributed by atoms with van der Waals surface area (Å²) in [5.74, 6) is -0.714. The van der Waals surface area contributed by atoms with Gasteiger partial charge in [0.15, 0.2) is 11.5 Å². The molecule has 1 saturated carbocycles. The molecule has 7 nitrogen and oxygen atoms in total. The van der Waals surface area contributed by atoms with Crippen LogP contribution in [0.3, 0.4) is 0 Å². The van der Waals surface area contributed by atoms with Gasteiger partial charge in [-0.2, -0.15) is 18.3 Å². The van der Waals surface area contributed by atoms with E-state index in [2.05, 4.69) is 15.6 Å². The highest BCUT2D eigenvalue weighted by Crippen LogP contribution is 2.36. The molecule has 3 rings (SSSR count). The molecule has 1 saturated heterocycles. The van der Waals surface area contributed by atoms with Gasteiger partial charge in [-0.05, 0) is 43.2 Å². The quantitative estimate of drug-likeness (QED) is 0.820. The summed E-state index contributed by atoms with van der Waals surface area (Å²) in [6, 6.07) is -0.536. The normalized spacial score (nSPS) is 21.7. The van der Waals surface area contributed by atoms with Gasteiger partial charge in [-0.25, -0.2) is 4.68 Å². The number of hydrogen-bond acceptors (Lipinski definition) is 5. The van der Waals surface area contributed by atoms with Crippen LogP contribution in [0.4, 0.5) is 24.7 Å². The molecule has 0 aromatic carbocycles. The summed E-state index contributed by atoms with van der Waals surface area (Å²) in [5.41, 5.74) is 0.249. The molecular formula is C15H20F3N5O2. The van der Waals surface area contributed by atoms with Crippen LogP contribution in [0.25, 0.3) is 0 Å². The number of nitrogens with one attached hydrogen (secondary N) is 1. The van der Waals surface area contributed by atoms with Crippen LogP contribution in [0.2, 0.25) is 0 Å². The van der Waals surface area contributed by atoms with Crippen molar-refractivity contribution in [3.8, 4) is 0 Å². The molecule has 0 spiro atoms. The summed E-state index contributed by atoms with van der Waals surface area (Å²) in [5, 5.41) is 9.32. The van der Waals surface area contributed by atoms with Crippen molar-refractivity contribution in [3.05, 3.63) is 11.1 Å². The molecular weight excluding hydrogens is 339 g/mol. The molecule has 0 radical (unpaired) electrons. The molecule has 1 aromatic heterocycles. The van der Waals surface area contributed by atoms with Crippen LogP contribution >= 0.6 is 0 Å². The number of anilines is 1. The number of carbonyl (C=O) groups is 1. The number of hydrogen-bond donors (Lipinski definition) is 1. The van der Waals surface area contributed by atoms with E-state index in [0.717, 1.165) is 19.4 Å². The first-order valence-corrected chi connectivity index (χ1v) is 8.40. The molecule has 1 N–H and O–H groups in total. The maximum atomic E-state index is 12.4. The van der Waals surface area contributed by atoms with Crippen molar-refractivity contribution in [2.24, 2.45) is 11.1 Å². The topological polar surface area (TPSA) is 79.6 Å². The lowest BCUT2D eigenvalue weighted by molar-refractivity contribution is -0.174. The standard InChI is InChI=1S/C15H20F3N5O2/c16-15(17,18)14(24)20-11-2-1-6-22(7-5-11)13-12(21-25)8-19-23(13)9-10-3-4-10/h8,10-11H,1-7,9H2,(H,20,24)/t11-/m1/s1. The van der Waals surface area contributed by atoms with Gasteiger partial charge in [-0.3, -0.25) is 4.79 Å². The van der Waals surface area contributed by atoms with Gasteiger partial charge >= 0.3 is 12.1 Å². The highest BCUT2D eigenvalue weighted by Gasteiger charge is 2.40. The number of rotatable bonds is 5. The molecule has 2 aliphatic rings. The smallest absolute Gasteiger partial charge is 0.355 e. The Hall–Kier alpha value is -2.13. The van der Waals surface area contributed by atoms with Crippen molar-refractivity contribution in [2.45, 2.75) is 50.9 Å². The molecule has 1 aliphatic carbocycles. The number of nitroso groups, excluding NO2 is 1. The molecule has 1 amide bonds. The van der Waals surface area contributed by atoms with Crippen molar-refractivity contribution >= 4 is 17.4 Å². The van der Waals surface area contributed by atoms with E-state index in [0.29, 0.717) is 44.1 Å². The Bertz CT molecular complexity index is 642. The second kappa shape index (κ2) is 7.01. The average molecular weight is 359 g/mol. The van der Waals surface area contributed by atoms with Crippen molar-refractivity contribution < 1.29 is 18.0 Å². The maximum absolute atomic E-state index is 12.4. The minimum atomic E-state index is -4.87. The largest absolute Gasteiger partial charge is 0.471 e. The molecule has 2 fully saturated rings. The zero-order valence-corrected chi connectivity index (χ0v) is 13.6. The highest BCUT2D eigenvalue weighted by atomic mass is 19.4. The molecule has 1 atom stereocenters. The van der Waals surface area contributed by atoms with Gasteiger partial charge in [0.05, 0.1) is 6.20 Å². The predicted octanol–water partition coefficient (Wildman–Crippen LogP) is 2.73. The SMILES string of the molecule is O=Nc1cnn(CC2CC2)c1N1CCC[C@@H](NC(=O)C(F)(F)F)CC1. The van der Waals surface area contributed by atoms with Gasteiger partial charge in [0, 0.05) is 25.7 Å².